The topological polar surface area (TPSA) is 76.1 Å². The molecule has 2 aromatic rings. The number of carbonyl (C=O) groups is 2. The molecule has 1 fully saturated rings. The number of amides is 1. The van der Waals surface area contributed by atoms with E-state index in [9.17, 15) is 14.7 Å². The molecular formula is C22H22ClNO5. The average Bonchev–Trinajstić information content (AvgIpc) is 2.97. The summed E-state index contributed by atoms with van der Waals surface area (Å²) in [5.74, 6) is -1.13. The summed E-state index contributed by atoms with van der Waals surface area (Å²) in [5, 5.41) is 11.5. The summed E-state index contributed by atoms with van der Waals surface area (Å²) >= 11 is 6.14. The van der Waals surface area contributed by atoms with E-state index >= 15 is 0 Å². The van der Waals surface area contributed by atoms with Gasteiger partial charge in [0.05, 0.1) is 24.8 Å². The van der Waals surface area contributed by atoms with Gasteiger partial charge in [-0.05, 0) is 36.8 Å². The molecule has 0 spiro atoms. The Kier molecular flexibility index (Phi) is 6.56. The molecule has 0 aromatic heterocycles. The zero-order chi connectivity index (χ0) is 21.0. The van der Waals surface area contributed by atoms with Crippen LogP contribution >= 0.6 is 11.6 Å². The van der Waals surface area contributed by atoms with E-state index in [2.05, 4.69) is 0 Å². The molecule has 1 saturated heterocycles. The Morgan fingerprint density at radius 2 is 1.93 bits per heavy atom. The first-order valence-corrected chi connectivity index (χ1v) is 9.61. The second-order valence-electron chi connectivity index (χ2n) is 6.50. The first-order valence-electron chi connectivity index (χ1n) is 9.24. The predicted octanol–water partition coefficient (Wildman–Crippen LogP) is 3.81. The predicted molar refractivity (Wildman–Crippen MR) is 110 cm³/mol. The van der Waals surface area contributed by atoms with E-state index in [4.69, 9.17) is 21.1 Å². The fourth-order valence-electron chi connectivity index (χ4n) is 3.38. The van der Waals surface area contributed by atoms with Crippen LogP contribution in [0.3, 0.4) is 0 Å². The number of nitrogens with zero attached hydrogens (tertiary/aromatic N) is 1. The molecule has 29 heavy (non-hydrogen) atoms. The number of halogens is 1. The van der Waals surface area contributed by atoms with Crippen LogP contribution in [0.25, 0.3) is 5.76 Å². The van der Waals surface area contributed by atoms with Crippen molar-refractivity contribution in [1.82, 2.24) is 4.90 Å². The highest BCUT2D eigenvalue weighted by Crippen LogP contribution is 2.40. The van der Waals surface area contributed by atoms with Crippen LogP contribution in [0.4, 0.5) is 0 Å². The van der Waals surface area contributed by atoms with Gasteiger partial charge in [0.15, 0.2) is 0 Å². The summed E-state index contributed by atoms with van der Waals surface area (Å²) in [4.78, 5) is 27.0. The van der Waals surface area contributed by atoms with Gasteiger partial charge < -0.3 is 19.5 Å². The van der Waals surface area contributed by atoms with Crippen LogP contribution in [0.1, 0.15) is 24.1 Å². The highest BCUT2D eigenvalue weighted by atomic mass is 35.5. The zero-order valence-electron chi connectivity index (χ0n) is 16.2. The second kappa shape index (κ2) is 9.11. The Morgan fingerprint density at radius 3 is 2.62 bits per heavy atom. The lowest BCUT2D eigenvalue weighted by Crippen LogP contribution is -2.32. The maximum Gasteiger partial charge on any atom is 0.295 e. The van der Waals surface area contributed by atoms with E-state index in [1.165, 1.54) is 12.0 Å². The van der Waals surface area contributed by atoms with Gasteiger partial charge in [-0.2, -0.15) is 0 Å². The van der Waals surface area contributed by atoms with Crippen molar-refractivity contribution in [3.05, 3.63) is 70.3 Å². The highest BCUT2D eigenvalue weighted by Gasteiger charge is 2.45. The van der Waals surface area contributed by atoms with Crippen molar-refractivity contribution in [1.29, 1.82) is 0 Å². The van der Waals surface area contributed by atoms with Gasteiger partial charge in [-0.3, -0.25) is 9.59 Å². The van der Waals surface area contributed by atoms with Gasteiger partial charge in [-0.1, -0.05) is 35.9 Å². The standard InChI is InChI=1S/C22H22ClNO5/c1-3-29-17-9-5-7-15(13-17)20(25)18-19(14-6-4-8-16(23)12-14)24(10-11-28-2)22(27)21(18)26/h4-9,12-13,19,25H,3,10-11H2,1-2H3/b20-18+. The van der Waals surface area contributed by atoms with Crippen molar-refractivity contribution in [2.24, 2.45) is 0 Å². The van der Waals surface area contributed by atoms with Gasteiger partial charge in [-0.15, -0.1) is 0 Å². The molecule has 152 valence electrons. The monoisotopic (exact) mass is 415 g/mol. The zero-order valence-corrected chi connectivity index (χ0v) is 17.0. The number of aliphatic hydroxyl groups is 1. The smallest absolute Gasteiger partial charge is 0.295 e. The largest absolute Gasteiger partial charge is 0.507 e. The van der Waals surface area contributed by atoms with Gasteiger partial charge in [0.25, 0.3) is 11.7 Å². The summed E-state index contributed by atoms with van der Waals surface area (Å²) in [5.41, 5.74) is 1.05. The van der Waals surface area contributed by atoms with Crippen LogP contribution in [0.5, 0.6) is 5.75 Å². The molecule has 2 aromatic carbocycles. The van der Waals surface area contributed by atoms with Crippen molar-refractivity contribution in [2.45, 2.75) is 13.0 Å². The van der Waals surface area contributed by atoms with E-state index < -0.39 is 17.7 Å². The summed E-state index contributed by atoms with van der Waals surface area (Å²) in [6.45, 7) is 2.78. The number of ether oxygens (including phenoxy) is 2. The first kappa shape index (κ1) is 20.9. The molecule has 0 bridgehead atoms. The summed E-state index contributed by atoms with van der Waals surface area (Å²) in [7, 11) is 1.52. The number of rotatable bonds is 7. The number of Topliss-reactive ketones (excluding diaryl/α,β-unsaturated/α-hetero) is 1. The molecule has 1 heterocycles. The maximum absolute atomic E-state index is 12.9. The number of likely N-dealkylation sites (tertiary alicyclic amines) is 1. The van der Waals surface area contributed by atoms with Crippen LogP contribution < -0.4 is 4.74 Å². The maximum atomic E-state index is 12.9. The molecular weight excluding hydrogens is 394 g/mol. The van der Waals surface area contributed by atoms with Gasteiger partial charge in [0, 0.05) is 24.2 Å². The Labute approximate surface area is 174 Å². The summed E-state index contributed by atoms with van der Waals surface area (Å²) in [6.07, 6.45) is 0. The van der Waals surface area contributed by atoms with Gasteiger partial charge in [0.2, 0.25) is 0 Å². The number of carbonyl (C=O) groups excluding carboxylic acids is 2. The normalized spacial score (nSPS) is 18.3. The molecule has 0 radical (unpaired) electrons. The SMILES string of the molecule is CCOc1cccc(/C(O)=C2\C(=O)C(=O)N(CCOC)C2c2cccc(Cl)c2)c1. The fraction of sp³-hybridized carbons (Fsp3) is 0.273. The summed E-state index contributed by atoms with van der Waals surface area (Å²) < 4.78 is 10.6. The van der Waals surface area contributed by atoms with E-state index in [0.717, 1.165) is 0 Å². The van der Waals surface area contributed by atoms with E-state index in [1.54, 1.807) is 48.5 Å². The Morgan fingerprint density at radius 1 is 1.17 bits per heavy atom. The minimum Gasteiger partial charge on any atom is -0.507 e. The van der Waals surface area contributed by atoms with Gasteiger partial charge in [-0.25, -0.2) is 0 Å². The van der Waals surface area contributed by atoms with Crippen molar-refractivity contribution < 1.29 is 24.2 Å². The molecule has 1 N–H and O–H groups in total. The number of aliphatic hydroxyl groups excluding tert-OH is 1. The molecule has 6 nitrogen and oxygen atoms in total. The van der Waals surface area contributed by atoms with Crippen LogP contribution in [-0.4, -0.2) is 48.6 Å². The molecule has 1 aliphatic heterocycles. The second-order valence-corrected chi connectivity index (χ2v) is 6.94. The van der Waals surface area contributed by atoms with Crippen LogP contribution in [-0.2, 0) is 14.3 Å². The van der Waals surface area contributed by atoms with E-state index in [-0.39, 0.29) is 24.5 Å². The van der Waals surface area contributed by atoms with Crippen molar-refractivity contribution in [2.75, 3.05) is 26.9 Å². The number of hydrogen-bond acceptors (Lipinski definition) is 5. The summed E-state index contributed by atoms with van der Waals surface area (Å²) in [6, 6.07) is 12.9. The lowest BCUT2D eigenvalue weighted by Gasteiger charge is -2.25. The fourth-order valence-corrected chi connectivity index (χ4v) is 3.58. The quantitative estimate of drug-likeness (QED) is 0.423. The average molecular weight is 416 g/mol. The number of hydrogen-bond donors (Lipinski definition) is 1. The van der Waals surface area contributed by atoms with Gasteiger partial charge in [0.1, 0.15) is 11.5 Å². The first-order chi connectivity index (χ1) is 14.0. The Hall–Kier alpha value is -2.83. The molecule has 1 aliphatic rings. The third-order valence-electron chi connectivity index (χ3n) is 4.66. The molecule has 7 heteroatoms. The van der Waals surface area contributed by atoms with Crippen LogP contribution in [0, 0.1) is 0 Å². The molecule has 1 unspecified atom stereocenters. The van der Waals surface area contributed by atoms with E-state index in [1.807, 2.05) is 6.92 Å². The van der Waals surface area contributed by atoms with Crippen LogP contribution in [0.15, 0.2) is 54.1 Å². The minimum atomic E-state index is -0.764. The van der Waals surface area contributed by atoms with Crippen molar-refractivity contribution in [3.63, 3.8) is 0 Å². The Bertz CT molecular complexity index is 956. The molecule has 0 aliphatic carbocycles. The lowest BCUT2D eigenvalue weighted by molar-refractivity contribution is -0.140. The van der Waals surface area contributed by atoms with Gasteiger partial charge >= 0.3 is 0 Å². The van der Waals surface area contributed by atoms with Crippen LogP contribution in [0.2, 0.25) is 5.02 Å². The van der Waals surface area contributed by atoms with Crippen molar-refractivity contribution in [3.8, 4) is 5.75 Å². The molecule has 1 atom stereocenters. The third kappa shape index (κ3) is 4.28. The number of benzene rings is 2. The highest BCUT2D eigenvalue weighted by molar-refractivity contribution is 6.46. The number of ketones is 1. The Balaban J connectivity index is 2.15. The molecule has 1 amide bonds. The third-order valence-corrected chi connectivity index (χ3v) is 4.89. The lowest BCUT2D eigenvalue weighted by atomic mass is 9.95. The number of methoxy groups -OCH3 is 1. The van der Waals surface area contributed by atoms with E-state index in [0.29, 0.717) is 28.5 Å². The molecule has 3 rings (SSSR count). The molecule has 0 saturated carbocycles. The van der Waals surface area contributed by atoms with Crippen molar-refractivity contribution >= 4 is 29.1 Å². The minimum absolute atomic E-state index is 0.0158.